The van der Waals surface area contributed by atoms with E-state index in [2.05, 4.69) is 24.1 Å². The molecule has 0 bridgehead atoms. The lowest BCUT2D eigenvalue weighted by Gasteiger charge is -2.31. The summed E-state index contributed by atoms with van der Waals surface area (Å²) in [5.41, 5.74) is 0. The van der Waals surface area contributed by atoms with Gasteiger partial charge >= 0.3 is 0 Å². The summed E-state index contributed by atoms with van der Waals surface area (Å²) < 4.78 is 5.24. The number of nitrogens with zero attached hydrogens (tertiary/aromatic N) is 1. The average Bonchev–Trinajstić information content (AvgIpc) is 2.39. The number of likely N-dealkylation sites (tertiary alicyclic amines) is 1. The van der Waals surface area contributed by atoms with Gasteiger partial charge < -0.3 is 15.0 Å². The molecule has 3 nitrogen and oxygen atoms in total. The Balaban J connectivity index is 1.88. The molecule has 114 valence electrons. The highest BCUT2D eigenvalue weighted by Crippen LogP contribution is 2.17. The normalized spacial score (nSPS) is 18.3. The summed E-state index contributed by atoms with van der Waals surface area (Å²) in [5.74, 6) is 1.58. The Morgan fingerprint density at radius 3 is 2.53 bits per heavy atom. The molecule has 1 aliphatic rings. The van der Waals surface area contributed by atoms with Crippen LogP contribution in [0.4, 0.5) is 0 Å². The number of hydrogen-bond donors (Lipinski definition) is 1. The van der Waals surface area contributed by atoms with Crippen LogP contribution in [0.5, 0.6) is 0 Å². The molecule has 1 rings (SSSR count). The lowest BCUT2D eigenvalue weighted by Crippen LogP contribution is -2.35. The van der Waals surface area contributed by atoms with E-state index in [4.69, 9.17) is 4.74 Å². The van der Waals surface area contributed by atoms with Crippen molar-refractivity contribution in [1.29, 1.82) is 0 Å². The maximum Gasteiger partial charge on any atom is 0.0491 e. The van der Waals surface area contributed by atoms with Crippen LogP contribution in [0.1, 0.15) is 46.0 Å². The van der Waals surface area contributed by atoms with Crippen molar-refractivity contribution in [1.82, 2.24) is 10.2 Å². The van der Waals surface area contributed by atoms with E-state index in [1.54, 1.807) is 0 Å². The molecule has 1 fully saturated rings. The zero-order valence-corrected chi connectivity index (χ0v) is 13.3. The van der Waals surface area contributed by atoms with E-state index >= 15 is 0 Å². The SMILES string of the molecule is COCC1CCN(CCCCCNCC(C)C)CC1. The topological polar surface area (TPSA) is 24.5 Å². The number of ether oxygens (including phenoxy) is 1. The maximum absolute atomic E-state index is 5.24. The highest BCUT2D eigenvalue weighted by atomic mass is 16.5. The molecule has 0 spiro atoms. The van der Waals surface area contributed by atoms with Crippen LogP contribution >= 0.6 is 0 Å². The smallest absolute Gasteiger partial charge is 0.0491 e. The maximum atomic E-state index is 5.24. The number of nitrogens with one attached hydrogen (secondary N) is 1. The quantitative estimate of drug-likeness (QED) is 0.618. The second-order valence-corrected chi connectivity index (χ2v) is 6.40. The van der Waals surface area contributed by atoms with Crippen molar-refractivity contribution in [2.45, 2.75) is 46.0 Å². The first-order valence-electron chi connectivity index (χ1n) is 8.14. The molecule has 0 radical (unpaired) electrons. The molecule has 0 aromatic heterocycles. The second kappa shape index (κ2) is 10.6. The van der Waals surface area contributed by atoms with Crippen LogP contribution in [0.15, 0.2) is 0 Å². The van der Waals surface area contributed by atoms with Gasteiger partial charge in [-0.3, -0.25) is 0 Å². The summed E-state index contributed by atoms with van der Waals surface area (Å²) in [6, 6.07) is 0. The standard InChI is InChI=1S/C16H34N2O/c1-15(2)13-17-9-5-4-6-10-18-11-7-16(8-12-18)14-19-3/h15-17H,4-14H2,1-3H3. The molecule has 0 atom stereocenters. The molecule has 0 saturated carbocycles. The molecule has 1 heterocycles. The summed E-state index contributed by atoms with van der Waals surface area (Å²) in [4.78, 5) is 2.63. The third kappa shape index (κ3) is 8.61. The minimum Gasteiger partial charge on any atom is -0.384 e. The average molecular weight is 270 g/mol. The van der Waals surface area contributed by atoms with Crippen LogP contribution in [0.3, 0.4) is 0 Å². The van der Waals surface area contributed by atoms with Crippen molar-refractivity contribution >= 4 is 0 Å². The van der Waals surface area contributed by atoms with Gasteiger partial charge in [0.25, 0.3) is 0 Å². The van der Waals surface area contributed by atoms with Crippen molar-refractivity contribution < 1.29 is 4.74 Å². The summed E-state index contributed by atoms with van der Waals surface area (Å²) in [6.45, 7) is 11.7. The van der Waals surface area contributed by atoms with Crippen molar-refractivity contribution in [2.24, 2.45) is 11.8 Å². The Kier molecular flexibility index (Phi) is 9.48. The van der Waals surface area contributed by atoms with Crippen LogP contribution in [0.2, 0.25) is 0 Å². The molecule has 1 N–H and O–H groups in total. The zero-order valence-electron chi connectivity index (χ0n) is 13.3. The molecule has 3 heteroatoms. The van der Waals surface area contributed by atoms with E-state index in [-0.39, 0.29) is 0 Å². The summed E-state index contributed by atoms with van der Waals surface area (Å²) in [7, 11) is 1.82. The molecule has 0 amide bonds. The van der Waals surface area contributed by atoms with Crippen LogP contribution < -0.4 is 5.32 Å². The number of unbranched alkanes of at least 4 members (excludes halogenated alkanes) is 2. The van der Waals surface area contributed by atoms with Gasteiger partial charge in [-0.1, -0.05) is 20.3 Å². The Morgan fingerprint density at radius 1 is 1.16 bits per heavy atom. The fourth-order valence-electron chi connectivity index (χ4n) is 2.77. The van der Waals surface area contributed by atoms with Crippen LogP contribution in [0, 0.1) is 11.8 Å². The molecular weight excluding hydrogens is 236 g/mol. The first-order chi connectivity index (χ1) is 9.22. The third-order valence-corrected chi connectivity index (χ3v) is 3.99. The van der Waals surface area contributed by atoms with Crippen molar-refractivity contribution in [3.05, 3.63) is 0 Å². The van der Waals surface area contributed by atoms with Gasteiger partial charge in [-0.15, -0.1) is 0 Å². The number of hydrogen-bond acceptors (Lipinski definition) is 3. The van der Waals surface area contributed by atoms with Crippen LogP contribution in [-0.4, -0.2) is 51.3 Å². The van der Waals surface area contributed by atoms with Crippen molar-refractivity contribution in [3.8, 4) is 0 Å². The summed E-state index contributed by atoms with van der Waals surface area (Å²) in [5, 5.41) is 3.52. The van der Waals surface area contributed by atoms with Crippen molar-refractivity contribution in [2.75, 3.05) is 46.4 Å². The molecule has 1 saturated heterocycles. The van der Waals surface area contributed by atoms with Gasteiger partial charge in [0.15, 0.2) is 0 Å². The third-order valence-electron chi connectivity index (χ3n) is 3.99. The number of rotatable bonds is 10. The number of methoxy groups -OCH3 is 1. The lowest BCUT2D eigenvalue weighted by molar-refractivity contribution is 0.0988. The Morgan fingerprint density at radius 2 is 1.89 bits per heavy atom. The van der Waals surface area contributed by atoms with E-state index in [0.717, 1.165) is 25.0 Å². The van der Waals surface area contributed by atoms with E-state index in [1.165, 1.54) is 58.3 Å². The minimum absolute atomic E-state index is 0.772. The highest BCUT2D eigenvalue weighted by molar-refractivity contribution is 4.71. The molecular formula is C16H34N2O. The molecule has 0 aliphatic carbocycles. The minimum atomic E-state index is 0.772. The van der Waals surface area contributed by atoms with Gasteiger partial charge in [-0.05, 0) is 70.2 Å². The first-order valence-corrected chi connectivity index (χ1v) is 8.14. The summed E-state index contributed by atoms with van der Waals surface area (Å²) >= 11 is 0. The lowest BCUT2D eigenvalue weighted by atomic mass is 9.97. The van der Waals surface area contributed by atoms with Gasteiger partial charge in [-0.2, -0.15) is 0 Å². The fourth-order valence-corrected chi connectivity index (χ4v) is 2.77. The second-order valence-electron chi connectivity index (χ2n) is 6.40. The Hall–Kier alpha value is -0.120. The van der Waals surface area contributed by atoms with Gasteiger partial charge in [-0.25, -0.2) is 0 Å². The largest absolute Gasteiger partial charge is 0.384 e. The van der Waals surface area contributed by atoms with E-state index in [1.807, 2.05) is 7.11 Å². The highest BCUT2D eigenvalue weighted by Gasteiger charge is 2.18. The molecule has 0 aromatic carbocycles. The predicted molar refractivity (Wildman–Crippen MR) is 82.6 cm³/mol. The Labute approximate surface area is 120 Å². The van der Waals surface area contributed by atoms with Gasteiger partial charge in [0.2, 0.25) is 0 Å². The van der Waals surface area contributed by atoms with Crippen LogP contribution in [-0.2, 0) is 4.74 Å². The van der Waals surface area contributed by atoms with Crippen molar-refractivity contribution in [3.63, 3.8) is 0 Å². The summed E-state index contributed by atoms with van der Waals surface area (Å²) in [6.07, 6.45) is 6.70. The van der Waals surface area contributed by atoms with E-state index in [9.17, 15) is 0 Å². The van der Waals surface area contributed by atoms with Gasteiger partial charge in [0, 0.05) is 13.7 Å². The molecule has 0 aromatic rings. The Bertz CT molecular complexity index is 201. The predicted octanol–water partition coefficient (Wildman–Crippen LogP) is 2.76. The molecule has 1 aliphatic heterocycles. The van der Waals surface area contributed by atoms with E-state index < -0.39 is 0 Å². The van der Waals surface area contributed by atoms with Crippen LogP contribution in [0.25, 0.3) is 0 Å². The first kappa shape index (κ1) is 16.9. The molecule has 19 heavy (non-hydrogen) atoms. The van der Waals surface area contributed by atoms with Gasteiger partial charge in [0.1, 0.15) is 0 Å². The van der Waals surface area contributed by atoms with Gasteiger partial charge in [0.05, 0.1) is 0 Å². The zero-order chi connectivity index (χ0) is 13.9. The molecule has 0 unspecified atom stereocenters. The van der Waals surface area contributed by atoms with E-state index in [0.29, 0.717) is 0 Å². The number of piperidine rings is 1. The fraction of sp³-hybridized carbons (Fsp3) is 1.00. The monoisotopic (exact) mass is 270 g/mol.